The first kappa shape index (κ1) is 10.8. The summed E-state index contributed by atoms with van der Waals surface area (Å²) in [5.74, 6) is 0.612. The van der Waals surface area contributed by atoms with Gasteiger partial charge in [0.05, 0.1) is 6.42 Å². The van der Waals surface area contributed by atoms with Gasteiger partial charge in [-0.1, -0.05) is 13.8 Å². The summed E-state index contributed by atoms with van der Waals surface area (Å²) >= 11 is 0. The highest BCUT2D eigenvalue weighted by atomic mass is 16.4. The summed E-state index contributed by atoms with van der Waals surface area (Å²) in [6.07, 6.45) is 2.47. The van der Waals surface area contributed by atoms with Crippen LogP contribution in [0.1, 0.15) is 37.7 Å². The Morgan fingerprint density at radius 3 is 2.71 bits per heavy atom. The molecule has 0 spiro atoms. The fourth-order valence-electron chi connectivity index (χ4n) is 1.46. The van der Waals surface area contributed by atoms with Crippen LogP contribution in [-0.2, 0) is 18.3 Å². The molecule has 1 heterocycles. The fourth-order valence-corrected chi connectivity index (χ4v) is 1.46. The molecular weight excluding hydrogens is 180 g/mol. The first-order chi connectivity index (χ1) is 6.52. The van der Waals surface area contributed by atoms with Gasteiger partial charge in [-0.2, -0.15) is 0 Å². The molecule has 14 heavy (non-hydrogen) atoms. The predicted molar refractivity (Wildman–Crippen MR) is 53.3 cm³/mol. The molecule has 1 aromatic heterocycles. The lowest BCUT2D eigenvalue weighted by molar-refractivity contribution is -0.136. The summed E-state index contributed by atoms with van der Waals surface area (Å²) in [4.78, 5) is 14.7. The molecule has 0 atom stereocenters. The van der Waals surface area contributed by atoms with Crippen molar-refractivity contribution >= 4 is 5.97 Å². The van der Waals surface area contributed by atoms with Crippen LogP contribution in [0.2, 0.25) is 0 Å². The van der Waals surface area contributed by atoms with Crippen molar-refractivity contribution < 1.29 is 9.90 Å². The van der Waals surface area contributed by atoms with E-state index >= 15 is 0 Å². The largest absolute Gasteiger partial charge is 0.481 e. The molecule has 0 unspecified atom stereocenters. The third kappa shape index (κ3) is 2.34. The summed E-state index contributed by atoms with van der Waals surface area (Å²) in [6.45, 7) is 4.15. The van der Waals surface area contributed by atoms with Crippen molar-refractivity contribution in [1.29, 1.82) is 0 Å². The number of imidazole rings is 1. The summed E-state index contributed by atoms with van der Waals surface area (Å²) in [6, 6.07) is 0. The van der Waals surface area contributed by atoms with E-state index < -0.39 is 5.97 Å². The SMILES string of the molecule is CC(C)c1ncc(CCC(=O)O)n1C. The maximum absolute atomic E-state index is 10.4. The molecule has 0 fully saturated rings. The van der Waals surface area contributed by atoms with Gasteiger partial charge in [-0.25, -0.2) is 4.98 Å². The zero-order valence-electron chi connectivity index (χ0n) is 8.82. The van der Waals surface area contributed by atoms with Crippen LogP contribution in [0.5, 0.6) is 0 Å². The number of hydrogen-bond acceptors (Lipinski definition) is 2. The maximum Gasteiger partial charge on any atom is 0.303 e. The first-order valence-corrected chi connectivity index (χ1v) is 4.74. The number of aliphatic carboxylic acids is 1. The minimum atomic E-state index is -0.766. The van der Waals surface area contributed by atoms with E-state index in [1.54, 1.807) is 6.20 Å². The van der Waals surface area contributed by atoms with E-state index in [0.29, 0.717) is 12.3 Å². The Bertz CT molecular complexity index is 329. The average molecular weight is 196 g/mol. The van der Waals surface area contributed by atoms with Crippen molar-refractivity contribution in [3.8, 4) is 0 Å². The van der Waals surface area contributed by atoms with Gasteiger partial charge in [-0.05, 0) is 6.42 Å². The molecule has 0 bridgehead atoms. The Morgan fingerprint density at radius 1 is 1.64 bits per heavy atom. The molecule has 1 N–H and O–H groups in total. The standard InChI is InChI=1S/C10H16N2O2/c1-7(2)10-11-6-8(12(10)3)4-5-9(13)14/h6-7H,4-5H2,1-3H3,(H,13,14). The van der Waals surface area contributed by atoms with Crippen molar-refractivity contribution in [3.63, 3.8) is 0 Å². The van der Waals surface area contributed by atoms with Gasteiger partial charge in [0.2, 0.25) is 0 Å². The Hall–Kier alpha value is -1.32. The van der Waals surface area contributed by atoms with Crippen LogP contribution in [0.25, 0.3) is 0 Å². The van der Waals surface area contributed by atoms with E-state index in [-0.39, 0.29) is 6.42 Å². The molecule has 4 nitrogen and oxygen atoms in total. The van der Waals surface area contributed by atoms with Crippen LogP contribution in [-0.4, -0.2) is 20.6 Å². The maximum atomic E-state index is 10.4. The second-order valence-electron chi connectivity index (χ2n) is 3.72. The Kier molecular flexibility index (Phi) is 3.28. The van der Waals surface area contributed by atoms with Gasteiger partial charge >= 0.3 is 5.97 Å². The molecule has 4 heteroatoms. The van der Waals surface area contributed by atoms with Crippen LogP contribution >= 0.6 is 0 Å². The molecule has 0 aliphatic heterocycles. The van der Waals surface area contributed by atoms with Crippen molar-refractivity contribution in [2.75, 3.05) is 0 Å². The number of hydrogen-bond donors (Lipinski definition) is 1. The highest BCUT2D eigenvalue weighted by Crippen LogP contribution is 2.14. The van der Waals surface area contributed by atoms with Gasteiger partial charge in [0, 0.05) is 24.9 Å². The highest BCUT2D eigenvalue weighted by Gasteiger charge is 2.10. The van der Waals surface area contributed by atoms with Crippen LogP contribution in [0.3, 0.4) is 0 Å². The third-order valence-electron chi connectivity index (χ3n) is 2.23. The Morgan fingerprint density at radius 2 is 2.29 bits per heavy atom. The van der Waals surface area contributed by atoms with Gasteiger partial charge < -0.3 is 9.67 Å². The van der Waals surface area contributed by atoms with Gasteiger partial charge in [-0.3, -0.25) is 4.79 Å². The zero-order valence-corrected chi connectivity index (χ0v) is 8.82. The van der Waals surface area contributed by atoms with Crippen molar-refractivity contribution in [1.82, 2.24) is 9.55 Å². The average Bonchev–Trinajstić information content (AvgIpc) is 2.43. The van der Waals surface area contributed by atoms with Crippen molar-refractivity contribution in [2.24, 2.45) is 7.05 Å². The number of aryl methyl sites for hydroxylation is 1. The van der Waals surface area contributed by atoms with E-state index in [1.165, 1.54) is 0 Å². The number of carboxylic acids is 1. The van der Waals surface area contributed by atoms with E-state index in [1.807, 2.05) is 11.6 Å². The molecule has 78 valence electrons. The van der Waals surface area contributed by atoms with Gasteiger partial charge in [-0.15, -0.1) is 0 Å². The van der Waals surface area contributed by atoms with Crippen LogP contribution < -0.4 is 0 Å². The van der Waals surface area contributed by atoms with Gasteiger partial charge in [0.15, 0.2) is 0 Å². The predicted octanol–water partition coefficient (Wildman–Crippen LogP) is 1.56. The monoisotopic (exact) mass is 196 g/mol. The Balaban J connectivity index is 2.74. The third-order valence-corrected chi connectivity index (χ3v) is 2.23. The van der Waals surface area contributed by atoms with Crippen molar-refractivity contribution in [3.05, 3.63) is 17.7 Å². The summed E-state index contributed by atoms with van der Waals surface area (Å²) < 4.78 is 1.98. The first-order valence-electron chi connectivity index (χ1n) is 4.74. The van der Waals surface area contributed by atoms with E-state index in [0.717, 1.165) is 11.5 Å². The molecule has 0 radical (unpaired) electrons. The Labute approximate surface area is 83.6 Å². The fraction of sp³-hybridized carbons (Fsp3) is 0.600. The lowest BCUT2D eigenvalue weighted by Gasteiger charge is -2.07. The van der Waals surface area contributed by atoms with E-state index in [4.69, 9.17) is 5.11 Å². The molecule has 0 saturated heterocycles. The van der Waals surface area contributed by atoms with Crippen LogP contribution in [0, 0.1) is 0 Å². The molecule has 1 aromatic rings. The van der Waals surface area contributed by atoms with Gasteiger partial charge in [0.25, 0.3) is 0 Å². The summed E-state index contributed by atoms with van der Waals surface area (Å²) in [5, 5.41) is 8.55. The smallest absolute Gasteiger partial charge is 0.303 e. The summed E-state index contributed by atoms with van der Waals surface area (Å²) in [5.41, 5.74) is 0.983. The number of rotatable bonds is 4. The molecule has 0 saturated carbocycles. The van der Waals surface area contributed by atoms with E-state index in [2.05, 4.69) is 18.8 Å². The number of carbonyl (C=O) groups is 1. The number of carboxylic acid groups (broad SMARTS) is 1. The van der Waals surface area contributed by atoms with Crippen molar-refractivity contribution in [2.45, 2.75) is 32.6 Å². The molecule has 1 rings (SSSR count). The quantitative estimate of drug-likeness (QED) is 0.795. The summed E-state index contributed by atoms with van der Waals surface area (Å²) in [7, 11) is 1.93. The second-order valence-corrected chi connectivity index (χ2v) is 3.72. The zero-order chi connectivity index (χ0) is 10.7. The second kappa shape index (κ2) is 4.26. The number of nitrogens with zero attached hydrogens (tertiary/aromatic N) is 2. The minimum absolute atomic E-state index is 0.164. The molecule has 0 aliphatic carbocycles. The lowest BCUT2D eigenvalue weighted by atomic mass is 10.2. The topological polar surface area (TPSA) is 55.1 Å². The number of aromatic nitrogens is 2. The van der Waals surface area contributed by atoms with Crippen LogP contribution in [0.15, 0.2) is 6.20 Å². The highest BCUT2D eigenvalue weighted by molar-refractivity contribution is 5.66. The van der Waals surface area contributed by atoms with Gasteiger partial charge in [0.1, 0.15) is 5.82 Å². The van der Waals surface area contributed by atoms with Crippen LogP contribution in [0.4, 0.5) is 0 Å². The lowest BCUT2D eigenvalue weighted by Crippen LogP contribution is -2.05. The molecule has 0 aliphatic rings. The minimum Gasteiger partial charge on any atom is -0.481 e. The normalized spacial score (nSPS) is 10.9. The molecular formula is C10H16N2O2. The molecule has 0 aromatic carbocycles. The van der Waals surface area contributed by atoms with E-state index in [9.17, 15) is 4.79 Å². The molecule has 0 amide bonds.